The second-order valence-electron chi connectivity index (χ2n) is 19.7. The van der Waals surface area contributed by atoms with Crippen LogP contribution in [0.3, 0.4) is 0 Å². The average molecular weight is 1560 g/mol. The van der Waals surface area contributed by atoms with Gasteiger partial charge in [-0.3, -0.25) is 60.5 Å². The van der Waals surface area contributed by atoms with Crippen molar-refractivity contribution >= 4 is 139 Å². The number of anilines is 2. The standard InChI is InChI=1S/C12H9Cl2N3O.C12H7Cl2N3.C12H11N3O.C12H9N3.C7H7ClN2O.C7H8N2O.C5H3Cl2N.C5H4ClN.2H2O/c13-8-5-6-15-11(7-8)16-17-12(18)9-3-1-2-4-10(9)14;13-8-5-6-17-11(7-8)15-16-12(17)9-3-1-2-4-10(9)14;16-12(10-6-2-1-3-7-10)15-14-11-8-4-5-9-13-11;1-2-6-10(7-3-1)12-14-13-11-8-4-5-9-15(11)12;8-6-4-2-1-3-5(6)7(11)10-9;8-9-7(10)6-4-2-1-3-5-6;6-4-1-2-8-5(7)3-4;6-5-3-1-2-4-7-5;;/h1-7H,(H,15,16)(H,17,18);1-7H;1-9H,(H,13,14)(H,15,16);1-9H;1-4H,9H2,(H,10,11);1-5H,8H2,(H,9,10);1-3H;1-4H;2*1H2/p-2. The Kier molecular flexibility index (Phi) is 36.6. The van der Waals surface area contributed by atoms with Crippen molar-refractivity contribution in [2.45, 2.75) is 0 Å². The molecule has 0 aliphatic rings. The minimum atomic E-state index is -0.379. The second kappa shape index (κ2) is 45.6. The van der Waals surface area contributed by atoms with Crippen LogP contribution in [0, 0.1) is 0 Å². The monoisotopic (exact) mass is 1550 g/mol. The zero-order chi connectivity index (χ0) is 72.9. The molecule has 0 bridgehead atoms. The number of pyridine rings is 6. The van der Waals surface area contributed by atoms with Gasteiger partial charge in [0.15, 0.2) is 22.9 Å². The lowest BCUT2D eigenvalue weighted by Gasteiger charge is -2.08. The van der Waals surface area contributed by atoms with Gasteiger partial charge >= 0.3 is 0 Å². The fraction of sp³-hybridized carbons (Fsp3) is 0. The van der Waals surface area contributed by atoms with Gasteiger partial charge in [0.05, 0.1) is 26.2 Å². The van der Waals surface area contributed by atoms with Crippen molar-refractivity contribution in [3.05, 3.63) is 355 Å². The Labute approximate surface area is 635 Å². The molecular formula is C72H60Cl8N18O6-2. The van der Waals surface area contributed by atoms with E-state index in [1.165, 1.54) is 6.20 Å². The Morgan fingerprint density at radius 3 is 1.34 bits per heavy atom. The van der Waals surface area contributed by atoms with Crippen LogP contribution >= 0.6 is 92.8 Å². The molecule has 6 aromatic carbocycles. The van der Waals surface area contributed by atoms with Crippen LogP contribution in [0.2, 0.25) is 40.4 Å². The SMILES string of the molecule is Clc1ccccn1.Clc1ccn2c(-c3ccccc3Cl)nnc2c1.Clc1ccnc(Cl)c1.NNC(=O)c1ccccc1.NNC(=O)c1ccccc1Cl.O=C(NNc1cc(Cl)ccn1)c1ccccc1Cl.O=C(NNc1ccccn1)c1ccccc1.[OH-].[OH-].c1ccc(-c2nnc3ccccn23)cc1. The van der Waals surface area contributed by atoms with Crippen molar-refractivity contribution in [1.29, 1.82) is 0 Å². The van der Waals surface area contributed by atoms with Crippen LogP contribution in [0.4, 0.5) is 11.6 Å². The van der Waals surface area contributed by atoms with Crippen LogP contribution < -0.4 is 44.2 Å². The first-order chi connectivity index (χ1) is 49.5. The molecule has 0 radical (unpaired) electrons. The van der Waals surface area contributed by atoms with Crippen molar-refractivity contribution in [3.63, 3.8) is 0 Å². The molecule has 0 saturated carbocycles. The Bertz CT molecular complexity index is 4900. The van der Waals surface area contributed by atoms with Crippen molar-refractivity contribution in [3.8, 4) is 22.8 Å². The van der Waals surface area contributed by atoms with E-state index in [9.17, 15) is 19.2 Å². The number of rotatable bonds is 10. The van der Waals surface area contributed by atoms with Gasteiger partial charge < -0.3 is 11.0 Å². The summed E-state index contributed by atoms with van der Waals surface area (Å²) in [5, 5.41) is 20.7. The summed E-state index contributed by atoms with van der Waals surface area (Å²) >= 11 is 45.8. The van der Waals surface area contributed by atoms with Gasteiger partial charge in [0, 0.05) is 86.6 Å². The number of nitrogens with zero attached hydrogens (tertiary/aromatic N) is 10. The maximum absolute atomic E-state index is 11.8. The third-order valence-electron chi connectivity index (χ3n) is 12.7. The number of fused-ring (bicyclic) bond motifs is 2. The highest BCUT2D eigenvalue weighted by atomic mass is 35.5. The highest BCUT2D eigenvalue weighted by Crippen LogP contribution is 2.27. The minimum absolute atomic E-state index is 0. The highest BCUT2D eigenvalue weighted by Gasteiger charge is 2.13. The number of nitrogens with two attached hydrogens (primary N) is 2. The number of hydrogen-bond acceptors (Lipinski definition) is 18. The van der Waals surface area contributed by atoms with Gasteiger partial charge in [0.25, 0.3) is 23.6 Å². The molecule has 0 aliphatic heterocycles. The Balaban J connectivity index is 0.000000217. The van der Waals surface area contributed by atoms with Crippen LogP contribution in [0.15, 0.2) is 292 Å². The molecule has 8 heterocycles. The topological polar surface area (TPSA) is 364 Å². The summed E-state index contributed by atoms with van der Waals surface area (Å²) in [5.74, 6) is 11.3. The molecule has 24 nitrogen and oxygen atoms in total. The summed E-state index contributed by atoms with van der Waals surface area (Å²) in [6, 6.07) is 75.6. The van der Waals surface area contributed by atoms with E-state index in [1.54, 1.807) is 152 Å². The van der Waals surface area contributed by atoms with Gasteiger partial charge in [-0.2, -0.15) is 0 Å². The third-order valence-corrected chi connectivity index (χ3v) is 14.8. The number of nitrogens with one attached hydrogen (secondary N) is 6. The fourth-order valence-electron chi connectivity index (χ4n) is 7.96. The van der Waals surface area contributed by atoms with Gasteiger partial charge in [-0.05, 0) is 121 Å². The Morgan fingerprint density at radius 2 is 0.798 bits per heavy atom. The molecular weight excluding hydrogens is 1500 g/mol. The van der Waals surface area contributed by atoms with Crippen LogP contribution in [0.1, 0.15) is 41.4 Å². The zero-order valence-electron chi connectivity index (χ0n) is 53.9. The molecule has 0 saturated heterocycles. The number of aromatic nitrogens is 10. The number of hydrazine groups is 4. The van der Waals surface area contributed by atoms with E-state index in [1.807, 2.05) is 153 Å². The molecule has 0 unspecified atom stereocenters. The molecule has 0 aliphatic carbocycles. The van der Waals surface area contributed by atoms with Gasteiger partial charge in [-0.15, -0.1) is 20.4 Å². The van der Waals surface area contributed by atoms with Crippen molar-refractivity contribution in [2.75, 3.05) is 10.9 Å². The molecule has 14 rings (SSSR count). The number of benzene rings is 6. The van der Waals surface area contributed by atoms with Gasteiger partial charge in [0.2, 0.25) is 0 Å². The molecule has 104 heavy (non-hydrogen) atoms. The third kappa shape index (κ3) is 28.0. The zero-order valence-corrected chi connectivity index (χ0v) is 59.9. The molecule has 8 aromatic heterocycles. The average Bonchev–Trinajstić information content (AvgIpc) is 1.65. The molecule has 532 valence electrons. The molecule has 0 spiro atoms. The molecule has 32 heteroatoms. The summed E-state index contributed by atoms with van der Waals surface area (Å²) in [7, 11) is 0. The van der Waals surface area contributed by atoms with Crippen LogP contribution in [-0.2, 0) is 0 Å². The number of nitrogen functional groups attached to an aromatic ring is 2. The summed E-state index contributed by atoms with van der Waals surface area (Å²) in [4.78, 5) is 60.6. The van der Waals surface area contributed by atoms with E-state index < -0.39 is 0 Å². The van der Waals surface area contributed by atoms with Crippen molar-refractivity contribution in [1.82, 2.24) is 70.8 Å². The summed E-state index contributed by atoms with van der Waals surface area (Å²) in [6.45, 7) is 0. The lowest BCUT2D eigenvalue weighted by molar-refractivity contribution is 0.0946. The van der Waals surface area contributed by atoms with Gasteiger partial charge in [0.1, 0.15) is 21.9 Å². The van der Waals surface area contributed by atoms with Gasteiger partial charge in [-0.25, -0.2) is 31.6 Å². The Hall–Kier alpha value is -11.2. The lowest BCUT2D eigenvalue weighted by Crippen LogP contribution is -2.30. The first-order valence-corrected chi connectivity index (χ1v) is 32.7. The smallest absolute Gasteiger partial charge is 0.271 e. The van der Waals surface area contributed by atoms with Crippen molar-refractivity contribution in [2.24, 2.45) is 11.7 Å². The fourth-order valence-corrected chi connectivity index (χ4v) is 9.46. The first-order valence-electron chi connectivity index (χ1n) is 29.7. The van der Waals surface area contributed by atoms with E-state index in [0.717, 1.165) is 22.6 Å². The number of carbonyl (C=O) groups is 4. The van der Waals surface area contributed by atoms with Crippen LogP contribution in [-0.4, -0.2) is 83.7 Å². The maximum atomic E-state index is 11.8. The normalized spacial score (nSPS) is 9.63. The number of carbonyl (C=O) groups excluding carboxylic acids is 4. The molecule has 0 atom stereocenters. The predicted molar refractivity (Wildman–Crippen MR) is 409 cm³/mol. The first kappa shape index (κ1) is 83.5. The minimum Gasteiger partial charge on any atom is -0.870 e. The number of halogens is 8. The van der Waals surface area contributed by atoms with Crippen LogP contribution in [0.5, 0.6) is 0 Å². The quantitative estimate of drug-likeness (QED) is 0.0273. The number of amides is 4. The summed E-state index contributed by atoms with van der Waals surface area (Å²) < 4.78 is 3.84. The highest BCUT2D eigenvalue weighted by molar-refractivity contribution is 6.35. The van der Waals surface area contributed by atoms with E-state index in [0.29, 0.717) is 85.8 Å². The van der Waals surface area contributed by atoms with Crippen LogP contribution in [0.25, 0.3) is 34.1 Å². The lowest BCUT2D eigenvalue weighted by atomic mass is 10.2. The summed E-state index contributed by atoms with van der Waals surface area (Å²) in [5.41, 5.74) is 19.9. The largest absolute Gasteiger partial charge is 0.870 e. The van der Waals surface area contributed by atoms with E-state index in [4.69, 9.17) is 104 Å². The predicted octanol–water partition coefficient (Wildman–Crippen LogP) is 16.1. The second-order valence-corrected chi connectivity index (χ2v) is 23.0. The Morgan fingerprint density at radius 1 is 0.337 bits per heavy atom. The molecule has 12 N–H and O–H groups in total. The van der Waals surface area contributed by atoms with Gasteiger partial charge in [-0.1, -0.05) is 214 Å². The molecule has 0 fully saturated rings. The molecule has 14 aromatic rings. The maximum Gasteiger partial charge on any atom is 0.271 e. The number of hydrogen-bond donors (Lipinski definition) is 8. The molecule has 4 amide bonds. The summed E-state index contributed by atoms with van der Waals surface area (Å²) in [6.07, 6.45) is 10.2. The van der Waals surface area contributed by atoms with E-state index in [-0.39, 0.29) is 34.6 Å². The van der Waals surface area contributed by atoms with E-state index in [2.05, 4.69) is 62.0 Å². The van der Waals surface area contributed by atoms with Crippen molar-refractivity contribution < 1.29 is 30.1 Å². The van der Waals surface area contributed by atoms with E-state index >= 15 is 0 Å².